The zero-order chi connectivity index (χ0) is 17.9. The second kappa shape index (κ2) is 7.52. The van der Waals surface area contributed by atoms with Crippen LogP contribution in [0.15, 0.2) is 34.5 Å². The Hall–Kier alpha value is -1.61. The number of nitrogens with zero attached hydrogens (tertiary/aromatic N) is 1. The number of aryl methyl sites for hydroxylation is 1. The summed E-state index contributed by atoms with van der Waals surface area (Å²) in [6.07, 6.45) is 0. The van der Waals surface area contributed by atoms with Crippen LogP contribution in [0.3, 0.4) is 0 Å². The number of hydrogen-bond donors (Lipinski definition) is 1. The minimum atomic E-state index is -3.75. The molecule has 130 valence electrons. The number of thiophene rings is 1. The lowest BCUT2D eigenvalue weighted by Gasteiger charge is -2.16. The normalized spacial score (nSPS) is 11.5. The number of amides is 1. The van der Waals surface area contributed by atoms with Crippen molar-refractivity contribution in [2.24, 2.45) is 0 Å². The predicted molar refractivity (Wildman–Crippen MR) is 95.5 cm³/mol. The van der Waals surface area contributed by atoms with Crippen LogP contribution in [-0.2, 0) is 14.8 Å². The molecule has 0 atom stereocenters. The fourth-order valence-electron chi connectivity index (χ4n) is 1.99. The Morgan fingerprint density at radius 2 is 2.04 bits per heavy atom. The number of ether oxygens (including phenoxy) is 1. The molecule has 1 N–H and O–H groups in total. The van der Waals surface area contributed by atoms with Gasteiger partial charge in [0.25, 0.3) is 10.0 Å². The molecular weight excluding hydrogens is 372 g/mol. The average molecular weight is 389 g/mol. The Labute approximate surface area is 150 Å². The summed E-state index contributed by atoms with van der Waals surface area (Å²) in [4.78, 5) is 12.2. The van der Waals surface area contributed by atoms with Crippen LogP contribution in [0.25, 0.3) is 0 Å². The largest absolute Gasteiger partial charge is 0.495 e. The highest BCUT2D eigenvalue weighted by Crippen LogP contribution is 2.28. The van der Waals surface area contributed by atoms with Crippen LogP contribution >= 0.6 is 22.9 Å². The van der Waals surface area contributed by atoms with Gasteiger partial charge < -0.3 is 10.1 Å². The summed E-state index contributed by atoms with van der Waals surface area (Å²) in [5, 5.41) is 2.67. The molecule has 0 saturated heterocycles. The minimum absolute atomic E-state index is 0.0935. The molecule has 0 saturated carbocycles. The molecule has 6 nitrogen and oxygen atoms in total. The van der Waals surface area contributed by atoms with Crippen LogP contribution < -0.4 is 10.1 Å². The summed E-state index contributed by atoms with van der Waals surface area (Å²) < 4.78 is 31.4. The van der Waals surface area contributed by atoms with E-state index in [9.17, 15) is 13.2 Å². The summed E-state index contributed by atoms with van der Waals surface area (Å²) in [7, 11) is -0.913. The summed E-state index contributed by atoms with van der Waals surface area (Å²) in [5.74, 6) is 0.0390. The van der Waals surface area contributed by atoms with Gasteiger partial charge in [0, 0.05) is 7.05 Å². The van der Waals surface area contributed by atoms with Gasteiger partial charge in [-0.3, -0.25) is 4.79 Å². The first-order valence-electron chi connectivity index (χ1n) is 6.90. The van der Waals surface area contributed by atoms with Gasteiger partial charge in [-0.15, -0.1) is 11.3 Å². The topological polar surface area (TPSA) is 75.7 Å². The monoisotopic (exact) mass is 388 g/mol. The highest BCUT2D eigenvalue weighted by molar-refractivity contribution is 7.91. The fourth-order valence-corrected chi connectivity index (χ4v) is 4.81. The third-order valence-corrected chi connectivity index (χ3v) is 6.71. The van der Waals surface area contributed by atoms with Gasteiger partial charge in [-0.05, 0) is 36.8 Å². The molecule has 0 bridgehead atoms. The number of sulfonamides is 1. The van der Waals surface area contributed by atoms with Crippen molar-refractivity contribution < 1.29 is 17.9 Å². The van der Waals surface area contributed by atoms with Crippen molar-refractivity contribution in [2.75, 3.05) is 26.0 Å². The van der Waals surface area contributed by atoms with Gasteiger partial charge in [-0.1, -0.05) is 17.7 Å². The molecule has 1 aromatic heterocycles. The molecule has 1 amide bonds. The van der Waals surface area contributed by atoms with E-state index in [4.69, 9.17) is 16.3 Å². The summed E-state index contributed by atoms with van der Waals surface area (Å²) in [6, 6.07) is 8.26. The molecule has 0 aliphatic carbocycles. The number of carbonyl (C=O) groups is 1. The van der Waals surface area contributed by atoms with E-state index in [1.165, 1.54) is 26.3 Å². The van der Waals surface area contributed by atoms with E-state index in [1.54, 1.807) is 12.1 Å². The first-order valence-corrected chi connectivity index (χ1v) is 9.53. The molecule has 1 heterocycles. The van der Waals surface area contributed by atoms with Gasteiger partial charge in [0.05, 0.1) is 23.7 Å². The van der Waals surface area contributed by atoms with Crippen LogP contribution in [0.2, 0.25) is 4.34 Å². The van der Waals surface area contributed by atoms with E-state index >= 15 is 0 Å². The number of halogens is 1. The van der Waals surface area contributed by atoms with Crippen molar-refractivity contribution in [1.82, 2.24) is 4.31 Å². The van der Waals surface area contributed by atoms with Crippen molar-refractivity contribution in [3.05, 3.63) is 40.2 Å². The van der Waals surface area contributed by atoms with Crippen LogP contribution in [0.1, 0.15) is 5.56 Å². The number of anilines is 1. The van der Waals surface area contributed by atoms with E-state index < -0.39 is 15.9 Å². The van der Waals surface area contributed by atoms with Crippen LogP contribution in [0, 0.1) is 6.92 Å². The number of nitrogens with one attached hydrogen (secondary N) is 1. The number of methoxy groups -OCH3 is 1. The first-order chi connectivity index (χ1) is 11.2. The average Bonchev–Trinajstić information content (AvgIpc) is 2.94. The Balaban J connectivity index is 2.11. The van der Waals surface area contributed by atoms with E-state index in [1.807, 2.05) is 13.0 Å². The lowest BCUT2D eigenvalue weighted by molar-refractivity contribution is -0.116. The number of carbonyl (C=O) groups excluding carboxylic acids is 1. The Bertz CT molecular complexity index is 849. The first kappa shape index (κ1) is 18.7. The Morgan fingerprint density at radius 3 is 2.62 bits per heavy atom. The Kier molecular flexibility index (Phi) is 5.87. The highest BCUT2D eigenvalue weighted by atomic mass is 35.5. The van der Waals surface area contributed by atoms with Crippen molar-refractivity contribution in [3.63, 3.8) is 0 Å². The van der Waals surface area contributed by atoms with Crippen molar-refractivity contribution in [3.8, 4) is 5.75 Å². The van der Waals surface area contributed by atoms with E-state index in [-0.39, 0.29) is 10.8 Å². The van der Waals surface area contributed by atoms with Crippen LogP contribution in [0.4, 0.5) is 5.69 Å². The van der Waals surface area contributed by atoms with E-state index in [2.05, 4.69) is 5.32 Å². The molecule has 0 unspecified atom stereocenters. The number of likely N-dealkylation sites (N-methyl/N-ethyl adjacent to an activating group) is 1. The fraction of sp³-hybridized carbons (Fsp3) is 0.267. The third-order valence-electron chi connectivity index (χ3n) is 3.21. The van der Waals surface area contributed by atoms with Gasteiger partial charge in [-0.2, -0.15) is 4.31 Å². The maximum atomic E-state index is 12.4. The van der Waals surface area contributed by atoms with Crippen LogP contribution in [-0.4, -0.2) is 39.3 Å². The molecule has 0 spiro atoms. The van der Waals surface area contributed by atoms with Crippen molar-refractivity contribution in [1.29, 1.82) is 0 Å². The smallest absolute Gasteiger partial charge is 0.252 e. The zero-order valence-electron chi connectivity index (χ0n) is 13.4. The van der Waals surface area contributed by atoms with Crippen molar-refractivity contribution in [2.45, 2.75) is 11.1 Å². The molecule has 0 aliphatic rings. The summed E-state index contributed by atoms with van der Waals surface area (Å²) >= 11 is 6.72. The molecule has 0 aliphatic heterocycles. The number of benzene rings is 1. The molecule has 0 fully saturated rings. The summed E-state index contributed by atoms with van der Waals surface area (Å²) in [6.45, 7) is 1.56. The predicted octanol–water partition coefficient (Wildman–Crippen LogP) is 2.98. The second-order valence-corrected chi connectivity index (χ2v) is 9.06. The minimum Gasteiger partial charge on any atom is -0.495 e. The van der Waals surface area contributed by atoms with Gasteiger partial charge in [0.1, 0.15) is 9.96 Å². The van der Waals surface area contributed by atoms with E-state index in [0.29, 0.717) is 15.8 Å². The second-order valence-electron chi connectivity index (χ2n) is 5.07. The number of rotatable bonds is 6. The van der Waals surface area contributed by atoms with Gasteiger partial charge in [-0.25, -0.2) is 8.42 Å². The molecule has 24 heavy (non-hydrogen) atoms. The SMILES string of the molecule is COc1ccc(C)cc1NC(=O)CN(C)S(=O)(=O)c1ccc(Cl)s1. The lowest BCUT2D eigenvalue weighted by Crippen LogP contribution is -2.34. The van der Waals surface area contributed by atoms with E-state index in [0.717, 1.165) is 21.2 Å². The molecule has 0 radical (unpaired) electrons. The standard InChI is InChI=1S/C15H17ClN2O4S2/c1-10-4-5-12(22-3)11(8-10)17-14(19)9-18(2)24(20,21)15-7-6-13(16)23-15/h4-8H,9H2,1-3H3,(H,17,19). The van der Waals surface area contributed by atoms with Gasteiger partial charge >= 0.3 is 0 Å². The molecule has 2 aromatic rings. The molecule has 9 heteroatoms. The van der Waals surface area contributed by atoms with Gasteiger partial charge in [0.15, 0.2) is 0 Å². The molecular formula is C15H17ClN2O4S2. The van der Waals surface area contributed by atoms with Crippen molar-refractivity contribution >= 4 is 44.6 Å². The summed E-state index contributed by atoms with van der Waals surface area (Å²) in [5.41, 5.74) is 1.44. The maximum absolute atomic E-state index is 12.4. The zero-order valence-corrected chi connectivity index (χ0v) is 15.8. The quantitative estimate of drug-likeness (QED) is 0.825. The number of hydrogen-bond acceptors (Lipinski definition) is 5. The highest BCUT2D eigenvalue weighted by Gasteiger charge is 2.25. The van der Waals surface area contributed by atoms with Crippen LogP contribution in [0.5, 0.6) is 5.75 Å². The maximum Gasteiger partial charge on any atom is 0.252 e. The Morgan fingerprint density at radius 1 is 1.33 bits per heavy atom. The molecule has 1 aromatic carbocycles. The molecule has 2 rings (SSSR count). The lowest BCUT2D eigenvalue weighted by atomic mass is 10.2. The van der Waals surface area contributed by atoms with Gasteiger partial charge in [0.2, 0.25) is 5.91 Å². The third kappa shape index (κ3) is 4.27.